The van der Waals surface area contributed by atoms with Crippen molar-refractivity contribution in [2.45, 2.75) is 44.6 Å². The topological polar surface area (TPSA) is 47.0 Å². The van der Waals surface area contributed by atoms with Crippen LogP contribution in [0.5, 0.6) is 0 Å². The Morgan fingerprint density at radius 3 is 2.36 bits per heavy atom. The van der Waals surface area contributed by atoms with E-state index in [-0.39, 0.29) is 6.61 Å². The van der Waals surface area contributed by atoms with Gasteiger partial charge in [-0.3, -0.25) is 14.6 Å². The van der Waals surface area contributed by atoms with Gasteiger partial charge in [0, 0.05) is 45.3 Å². The van der Waals surface area contributed by atoms with Crippen LogP contribution in [-0.4, -0.2) is 84.2 Å². The number of aliphatic hydroxyl groups excluding tert-OH is 1. The van der Waals surface area contributed by atoms with Gasteiger partial charge in [-0.1, -0.05) is 12.8 Å². The van der Waals surface area contributed by atoms with Crippen LogP contribution in [0.25, 0.3) is 0 Å². The molecule has 22 heavy (non-hydrogen) atoms. The van der Waals surface area contributed by atoms with Crippen molar-refractivity contribution in [3.63, 3.8) is 0 Å². The largest absolute Gasteiger partial charge is 0.395 e. The van der Waals surface area contributed by atoms with Gasteiger partial charge in [-0.2, -0.15) is 0 Å². The van der Waals surface area contributed by atoms with Crippen molar-refractivity contribution in [2.24, 2.45) is 5.92 Å². The van der Waals surface area contributed by atoms with Crippen LogP contribution in [0.3, 0.4) is 0 Å². The van der Waals surface area contributed by atoms with Crippen molar-refractivity contribution in [3.05, 3.63) is 0 Å². The second-order valence-electron chi connectivity index (χ2n) is 7.18. The summed E-state index contributed by atoms with van der Waals surface area (Å²) in [6.07, 6.45) is 7.72. The number of amides is 1. The van der Waals surface area contributed by atoms with E-state index in [1.54, 1.807) is 0 Å². The quantitative estimate of drug-likeness (QED) is 0.834. The van der Waals surface area contributed by atoms with Crippen molar-refractivity contribution >= 4 is 5.91 Å². The first-order valence-electron chi connectivity index (χ1n) is 9.13. The SMILES string of the molecule is O=C(CN1CCN(CCO)CC1)N1CCCC2CCCCC21. The third kappa shape index (κ3) is 3.81. The summed E-state index contributed by atoms with van der Waals surface area (Å²) in [5, 5.41) is 8.99. The molecule has 1 amide bonds. The molecule has 1 saturated carbocycles. The lowest BCUT2D eigenvalue weighted by molar-refractivity contribution is -0.139. The molecule has 0 spiro atoms. The van der Waals surface area contributed by atoms with Crippen LogP contribution in [-0.2, 0) is 4.79 Å². The number of aliphatic hydroxyl groups is 1. The van der Waals surface area contributed by atoms with E-state index in [0.717, 1.165) is 45.2 Å². The highest BCUT2D eigenvalue weighted by Crippen LogP contribution is 2.35. The molecule has 2 unspecified atom stereocenters. The standard InChI is InChI=1S/C17H31N3O2/c21-13-12-18-8-10-19(11-9-18)14-17(22)20-7-3-5-15-4-1-2-6-16(15)20/h15-16,21H,1-14H2. The summed E-state index contributed by atoms with van der Waals surface area (Å²) in [5.41, 5.74) is 0. The minimum atomic E-state index is 0.232. The Morgan fingerprint density at radius 1 is 0.909 bits per heavy atom. The molecule has 2 heterocycles. The number of likely N-dealkylation sites (tertiary alicyclic amines) is 1. The third-order valence-corrected chi connectivity index (χ3v) is 5.80. The Labute approximate surface area is 134 Å². The smallest absolute Gasteiger partial charge is 0.237 e. The molecule has 5 heteroatoms. The highest BCUT2D eigenvalue weighted by molar-refractivity contribution is 5.78. The minimum Gasteiger partial charge on any atom is -0.395 e. The van der Waals surface area contributed by atoms with Crippen LogP contribution in [0, 0.1) is 5.92 Å². The number of piperazine rings is 1. The summed E-state index contributed by atoms with van der Waals surface area (Å²) in [4.78, 5) is 19.5. The van der Waals surface area contributed by atoms with Crippen LogP contribution >= 0.6 is 0 Å². The van der Waals surface area contributed by atoms with Gasteiger partial charge >= 0.3 is 0 Å². The molecule has 3 aliphatic rings. The summed E-state index contributed by atoms with van der Waals surface area (Å²) in [5.74, 6) is 1.13. The monoisotopic (exact) mass is 309 g/mol. The number of hydrogen-bond donors (Lipinski definition) is 1. The van der Waals surface area contributed by atoms with E-state index in [9.17, 15) is 4.79 Å². The van der Waals surface area contributed by atoms with Gasteiger partial charge in [0.15, 0.2) is 0 Å². The zero-order valence-electron chi connectivity index (χ0n) is 13.8. The van der Waals surface area contributed by atoms with Crippen LogP contribution in [0.4, 0.5) is 0 Å². The molecule has 0 radical (unpaired) electrons. The van der Waals surface area contributed by atoms with E-state index in [1.807, 2.05) is 0 Å². The second kappa shape index (κ2) is 7.75. The van der Waals surface area contributed by atoms with Gasteiger partial charge in [-0.15, -0.1) is 0 Å². The van der Waals surface area contributed by atoms with E-state index in [2.05, 4.69) is 14.7 Å². The Bertz CT molecular complexity index is 367. The van der Waals surface area contributed by atoms with Gasteiger partial charge in [0.05, 0.1) is 13.2 Å². The van der Waals surface area contributed by atoms with Crippen molar-refractivity contribution in [1.82, 2.24) is 14.7 Å². The van der Waals surface area contributed by atoms with Crippen LogP contribution in [0.2, 0.25) is 0 Å². The average Bonchev–Trinajstić information content (AvgIpc) is 2.56. The van der Waals surface area contributed by atoms with Crippen LogP contribution in [0.1, 0.15) is 38.5 Å². The molecule has 0 aromatic heterocycles. The number of rotatable bonds is 4. The fourth-order valence-corrected chi connectivity index (χ4v) is 4.53. The molecule has 3 rings (SSSR count). The molecule has 2 atom stereocenters. The molecule has 1 aliphatic carbocycles. The average molecular weight is 309 g/mol. The van der Waals surface area contributed by atoms with E-state index >= 15 is 0 Å². The fraction of sp³-hybridized carbons (Fsp3) is 0.941. The number of fused-ring (bicyclic) bond motifs is 1. The van der Waals surface area contributed by atoms with Crippen molar-refractivity contribution < 1.29 is 9.90 Å². The fourth-order valence-electron chi connectivity index (χ4n) is 4.53. The van der Waals surface area contributed by atoms with E-state index < -0.39 is 0 Å². The summed E-state index contributed by atoms with van der Waals surface area (Å²) < 4.78 is 0. The van der Waals surface area contributed by atoms with E-state index in [4.69, 9.17) is 5.11 Å². The summed E-state index contributed by atoms with van der Waals surface area (Å²) >= 11 is 0. The maximum Gasteiger partial charge on any atom is 0.237 e. The summed E-state index contributed by atoms with van der Waals surface area (Å²) in [7, 11) is 0. The molecule has 2 aliphatic heterocycles. The number of carbonyl (C=O) groups excluding carboxylic acids is 1. The first kappa shape index (κ1) is 16.2. The first-order valence-corrected chi connectivity index (χ1v) is 9.13. The Kier molecular flexibility index (Phi) is 5.71. The van der Waals surface area contributed by atoms with Gasteiger partial charge in [0.25, 0.3) is 0 Å². The number of piperidine rings is 1. The number of β-amino-alcohol motifs (C(OH)–C–C–N with tert-alkyl or cyclic N) is 1. The normalized spacial score (nSPS) is 31.0. The van der Waals surface area contributed by atoms with Crippen molar-refractivity contribution in [2.75, 3.05) is 52.4 Å². The van der Waals surface area contributed by atoms with E-state index in [0.29, 0.717) is 18.5 Å². The van der Waals surface area contributed by atoms with Gasteiger partial charge in [-0.05, 0) is 31.6 Å². The molecule has 0 bridgehead atoms. The first-order chi connectivity index (χ1) is 10.8. The Morgan fingerprint density at radius 2 is 1.59 bits per heavy atom. The van der Waals surface area contributed by atoms with Gasteiger partial charge in [0.2, 0.25) is 5.91 Å². The predicted molar refractivity (Wildman–Crippen MR) is 86.7 cm³/mol. The lowest BCUT2D eigenvalue weighted by atomic mass is 9.78. The summed E-state index contributed by atoms with van der Waals surface area (Å²) in [6, 6.07) is 0.533. The molecule has 5 nitrogen and oxygen atoms in total. The lowest BCUT2D eigenvalue weighted by Gasteiger charge is -2.45. The molecule has 1 N–H and O–H groups in total. The predicted octanol–water partition coefficient (Wildman–Crippen LogP) is 0.778. The zero-order chi connectivity index (χ0) is 15.4. The van der Waals surface area contributed by atoms with Gasteiger partial charge in [-0.25, -0.2) is 0 Å². The highest BCUT2D eigenvalue weighted by Gasteiger charge is 2.36. The molecular weight excluding hydrogens is 278 g/mol. The second-order valence-corrected chi connectivity index (χ2v) is 7.18. The maximum atomic E-state index is 12.8. The molecule has 126 valence electrons. The summed E-state index contributed by atoms with van der Waals surface area (Å²) in [6.45, 7) is 6.41. The molecule has 0 aromatic rings. The van der Waals surface area contributed by atoms with Gasteiger partial charge < -0.3 is 10.0 Å². The zero-order valence-corrected chi connectivity index (χ0v) is 13.8. The number of hydrogen-bond acceptors (Lipinski definition) is 4. The van der Waals surface area contributed by atoms with E-state index in [1.165, 1.54) is 38.5 Å². The Balaban J connectivity index is 1.49. The third-order valence-electron chi connectivity index (χ3n) is 5.80. The van der Waals surface area contributed by atoms with Crippen LogP contribution in [0.15, 0.2) is 0 Å². The molecule has 3 fully saturated rings. The molecule has 2 saturated heterocycles. The van der Waals surface area contributed by atoms with Crippen LogP contribution < -0.4 is 0 Å². The lowest BCUT2D eigenvalue weighted by Crippen LogP contribution is -2.55. The number of carbonyl (C=O) groups is 1. The Hall–Kier alpha value is -0.650. The highest BCUT2D eigenvalue weighted by atomic mass is 16.3. The minimum absolute atomic E-state index is 0.232. The van der Waals surface area contributed by atoms with Gasteiger partial charge in [0.1, 0.15) is 0 Å². The molecule has 0 aromatic carbocycles. The van der Waals surface area contributed by atoms with Crippen molar-refractivity contribution in [3.8, 4) is 0 Å². The number of nitrogens with zero attached hydrogens (tertiary/aromatic N) is 3. The maximum absolute atomic E-state index is 12.8. The van der Waals surface area contributed by atoms with Crippen molar-refractivity contribution in [1.29, 1.82) is 0 Å². The molecular formula is C17H31N3O2.